The minimum atomic E-state index is 0.677. The van der Waals surface area contributed by atoms with Crippen LogP contribution in [0, 0.1) is 0 Å². The van der Waals surface area contributed by atoms with Crippen molar-refractivity contribution in [2.75, 3.05) is 31.1 Å². The lowest BCUT2D eigenvalue weighted by atomic mass is 9.96. The molecule has 0 bridgehead atoms. The van der Waals surface area contributed by atoms with Crippen molar-refractivity contribution in [1.29, 1.82) is 0 Å². The van der Waals surface area contributed by atoms with Crippen LogP contribution in [0.5, 0.6) is 0 Å². The predicted octanol–water partition coefficient (Wildman–Crippen LogP) is 6.31. The van der Waals surface area contributed by atoms with Gasteiger partial charge in [0.15, 0.2) is 0 Å². The third-order valence-corrected chi connectivity index (χ3v) is 6.88. The van der Waals surface area contributed by atoms with Gasteiger partial charge in [-0.05, 0) is 55.0 Å². The molecule has 4 heterocycles. The molecule has 0 aliphatic carbocycles. The fraction of sp³-hybridized carbons (Fsp3) is 0.172. The van der Waals surface area contributed by atoms with Crippen LogP contribution < -0.4 is 10.2 Å². The first-order valence-electron chi connectivity index (χ1n) is 11.9. The molecule has 3 aromatic heterocycles. The van der Waals surface area contributed by atoms with Gasteiger partial charge in [0.2, 0.25) is 0 Å². The Hall–Kier alpha value is -3.67. The first-order valence-corrected chi connectivity index (χ1v) is 12.2. The van der Waals surface area contributed by atoms with Crippen molar-refractivity contribution in [1.82, 2.24) is 19.7 Å². The van der Waals surface area contributed by atoms with Crippen LogP contribution >= 0.6 is 11.6 Å². The maximum absolute atomic E-state index is 6.46. The number of imidazole rings is 1. The third-order valence-electron chi connectivity index (χ3n) is 6.65. The minimum absolute atomic E-state index is 0.677. The van der Waals surface area contributed by atoms with Crippen molar-refractivity contribution in [2.45, 2.75) is 6.92 Å². The summed E-state index contributed by atoms with van der Waals surface area (Å²) in [5.41, 5.74) is 9.03. The van der Waals surface area contributed by atoms with Gasteiger partial charge in [0.1, 0.15) is 5.65 Å². The lowest BCUT2D eigenvalue weighted by molar-refractivity contribution is 0.589. The number of fused-ring (bicyclic) bond motifs is 2. The number of benzene rings is 2. The largest absolute Gasteiger partial charge is 0.368 e. The normalized spacial score (nSPS) is 14.1. The van der Waals surface area contributed by atoms with E-state index in [9.17, 15) is 0 Å². The summed E-state index contributed by atoms with van der Waals surface area (Å²) in [4.78, 5) is 12.2. The average Bonchev–Trinajstić information content (AvgIpc) is 3.28. The number of piperazine rings is 1. The standard InChI is InChI=1S/C29H26ClN5/c1-19(2)24-8-7-22(30)17-25(24)28-29(35-12-4-3-5-27(35)33-28)20-6-9-26-21(15-20)16-23(18-32-26)34-13-10-31-11-14-34/h3-9,12,15-18,31H,1,10-11,13-14H2,2H3. The first kappa shape index (κ1) is 21.8. The number of nitrogens with one attached hydrogen (secondary N) is 1. The van der Waals surface area contributed by atoms with E-state index in [1.54, 1.807) is 0 Å². The fourth-order valence-corrected chi connectivity index (χ4v) is 5.08. The molecular weight excluding hydrogens is 454 g/mol. The van der Waals surface area contributed by atoms with Gasteiger partial charge in [-0.1, -0.05) is 42.0 Å². The van der Waals surface area contributed by atoms with Crippen molar-refractivity contribution in [3.63, 3.8) is 0 Å². The van der Waals surface area contributed by atoms with E-state index in [0.29, 0.717) is 5.02 Å². The molecule has 0 atom stereocenters. The summed E-state index contributed by atoms with van der Waals surface area (Å²) in [5, 5.41) is 5.21. The fourth-order valence-electron chi connectivity index (χ4n) is 4.91. The summed E-state index contributed by atoms with van der Waals surface area (Å²) < 4.78 is 2.15. The van der Waals surface area contributed by atoms with Crippen LogP contribution in [-0.2, 0) is 0 Å². The Morgan fingerprint density at radius 3 is 2.71 bits per heavy atom. The molecule has 35 heavy (non-hydrogen) atoms. The number of pyridine rings is 2. The molecule has 174 valence electrons. The van der Waals surface area contributed by atoms with Gasteiger partial charge in [0, 0.05) is 53.9 Å². The Balaban J connectivity index is 1.56. The maximum Gasteiger partial charge on any atom is 0.137 e. The molecule has 0 unspecified atom stereocenters. The summed E-state index contributed by atoms with van der Waals surface area (Å²) >= 11 is 6.46. The van der Waals surface area contributed by atoms with Crippen molar-refractivity contribution >= 4 is 39.4 Å². The Bertz CT molecular complexity index is 1580. The molecule has 0 spiro atoms. The summed E-state index contributed by atoms with van der Waals surface area (Å²) in [6.45, 7) is 10.2. The summed E-state index contributed by atoms with van der Waals surface area (Å²) in [6.07, 6.45) is 4.05. The zero-order valence-electron chi connectivity index (χ0n) is 19.6. The summed E-state index contributed by atoms with van der Waals surface area (Å²) in [5.74, 6) is 0. The molecule has 6 rings (SSSR count). The number of aromatic nitrogens is 3. The van der Waals surface area contributed by atoms with E-state index >= 15 is 0 Å². The van der Waals surface area contributed by atoms with Gasteiger partial charge in [-0.15, -0.1) is 0 Å². The Kier molecular flexibility index (Phi) is 5.51. The Labute approximate surface area is 209 Å². The highest BCUT2D eigenvalue weighted by molar-refractivity contribution is 6.31. The molecule has 1 fully saturated rings. The molecule has 1 aliphatic rings. The number of hydrogen-bond acceptors (Lipinski definition) is 4. The van der Waals surface area contributed by atoms with E-state index in [1.807, 2.05) is 49.5 Å². The van der Waals surface area contributed by atoms with E-state index in [4.69, 9.17) is 21.6 Å². The average molecular weight is 480 g/mol. The van der Waals surface area contributed by atoms with Crippen molar-refractivity contribution < 1.29 is 0 Å². The minimum Gasteiger partial charge on any atom is -0.368 e. The van der Waals surface area contributed by atoms with Crippen molar-refractivity contribution in [3.05, 3.63) is 90.2 Å². The molecule has 1 saturated heterocycles. The maximum atomic E-state index is 6.46. The van der Waals surface area contributed by atoms with Gasteiger partial charge < -0.3 is 10.2 Å². The molecule has 5 nitrogen and oxygen atoms in total. The topological polar surface area (TPSA) is 45.5 Å². The van der Waals surface area contributed by atoms with E-state index < -0.39 is 0 Å². The van der Waals surface area contributed by atoms with Crippen LogP contribution in [0.25, 0.3) is 44.6 Å². The number of hydrogen-bond donors (Lipinski definition) is 1. The highest BCUT2D eigenvalue weighted by Crippen LogP contribution is 2.38. The van der Waals surface area contributed by atoms with Crippen molar-refractivity contribution in [2.24, 2.45) is 0 Å². The lowest BCUT2D eigenvalue weighted by Crippen LogP contribution is -2.43. The molecule has 0 amide bonds. The van der Waals surface area contributed by atoms with E-state index in [0.717, 1.165) is 82.1 Å². The van der Waals surface area contributed by atoms with Gasteiger partial charge in [-0.2, -0.15) is 0 Å². The lowest BCUT2D eigenvalue weighted by Gasteiger charge is -2.29. The number of rotatable bonds is 4. The highest BCUT2D eigenvalue weighted by atomic mass is 35.5. The smallest absolute Gasteiger partial charge is 0.137 e. The molecule has 0 saturated carbocycles. The number of allylic oxidation sites excluding steroid dienone is 1. The van der Waals surface area contributed by atoms with Crippen LogP contribution in [0.3, 0.4) is 0 Å². The first-order chi connectivity index (χ1) is 17.1. The zero-order chi connectivity index (χ0) is 23.9. The van der Waals surface area contributed by atoms with Crippen LogP contribution in [0.2, 0.25) is 5.02 Å². The number of anilines is 1. The summed E-state index contributed by atoms with van der Waals surface area (Å²) in [7, 11) is 0. The summed E-state index contributed by atoms with van der Waals surface area (Å²) in [6, 6.07) is 20.7. The van der Waals surface area contributed by atoms with E-state index in [2.05, 4.69) is 51.7 Å². The second kappa shape index (κ2) is 8.84. The van der Waals surface area contributed by atoms with Crippen LogP contribution in [0.4, 0.5) is 5.69 Å². The second-order valence-corrected chi connectivity index (χ2v) is 9.48. The Morgan fingerprint density at radius 2 is 1.89 bits per heavy atom. The molecule has 1 N–H and O–H groups in total. The zero-order valence-corrected chi connectivity index (χ0v) is 20.4. The van der Waals surface area contributed by atoms with Crippen LogP contribution in [-0.4, -0.2) is 40.5 Å². The van der Waals surface area contributed by atoms with Crippen LogP contribution in [0.1, 0.15) is 12.5 Å². The monoisotopic (exact) mass is 479 g/mol. The van der Waals surface area contributed by atoms with E-state index in [-0.39, 0.29) is 0 Å². The SMILES string of the molecule is C=C(C)c1ccc(Cl)cc1-c1nc2ccccn2c1-c1ccc2ncc(N3CCNCC3)cc2c1. The number of nitrogens with zero attached hydrogens (tertiary/aromatic N) is 4. The number of halogens is 1. The van der Waals surface area contributed by atoms with Gasteiger partial charge in [0.25, 0.3) is 0 Å². The quantitative estimate of drug-likeness (QED) is 0.328. The van der Waals surface area contributed by atoms with Gasteiger partial charge in [-0.3, -0.25) is 9.38 Å². The molecule has 5 aromatic rings. The highest BCUT2D eigenvalue weighted by Gasteiger charge is 2.20. The van der Waals surface area contributed by atoms with Crippen LogP contribution in [0.15, 0.2) is 79.6 Å². The second-order valence-electron chi connectivity index (χ2n) is 9.05. The Morgan fingerprint density at radius 1 is 1.03 bits per heavy atom. The van der Waals surface area contributed by atoms with Gasteiger partial charge in [-0.25, -0.2) is 4.98 Å². The van der Waals surface area contributed by atoms with Gasteiger partial charge >= 0.3 is 0 Å². The molecule has 6 heteroatoms. The molecule has 2 aromatic carbocycles. The van der Waals surface area contributed by atoms with Gasteiger partial charge in [0.05, 0.1) is 28.8 Å². The molecular formula is C29H26ClN5. The van der Waals surface area contributed by atoms with E-state index in [1.165, 1.54) is 0 Å². The molecule has 1 aliphatic heterocycles. The molecule has 0 radical (unpaired) electrons. The predicted molar refractivity (Wildman–Crippen MR) is 146 cm³/mol. The van der Waals surface area contributed by atoms with Crippen molar-refractivity contribution in [3.8, 4) is 22.5 Å². The third kappa shape index (κ3) is 3.97.